The lowest BCUT2D eigenvalue weighted by Crippen LogP contribution is -2.29. The highest BCUT2D eigenvalue weighted by Crippen LogP contribution is 2.11. The van der Waals surface area contributed by atoms with E-state index in [-0.39, 0.29) is 5.97 Å². The van der Waals surface area contributed by atoms with Crippen LogP contribution in [0.15, 0.2) is 0 Å². The summed E-state index contributed by atoms with van der Waals surface area (Å²) in [4.78, 5) is 10.6. The molecule has 0 saturated carbocycles. The smallest absolute Gasteiger partial charge is 0.336 e. The Morgan fingerprint density at radius 3 is 3.00 bits per heavy atom. The third-order valence-corrected chi connectivity index (χ3v) is 1.50. The minimum atomic E-state index is -0.443. The summed E-state index contributed by atoms with van der Waals surface area (Å²) in [6.45, 7) is 0.520. The summed E-state index contributed by atoms with van der Waals surface area (Å²) in [5, 5.41) is 0. The molecule has 0 aromatic heterocycles. The maximum atomic E-state index is 10.6. The van der Waals surface area contributed by atoms with Crippen molar-refractivity contribution in [1.29, 1.82) is 0 Å². The van der Waals surface area contributed by atoms with Crippen molar-refractivity contribution in [2.45, 2.75) is 18.9 Å². The topological polar surface area (TPSA) is 35.5 Å². The van der Waals surface area contributed by atoms with Crippen LogP contribution in [-0.2, 0) is 13.7 Å². The minimum Gasteiger partial charge on any atom is -0.464 e. The van der Waals surface area contributed by atoms with Crippen LogP contribution in [0, 0.1) is 0 Å². The molecular formula is C5H8O3S. The van der Waals surface area contributed by atoms with Crippen molar-refractivity contribution in [3.05, 3.63) is 0 Å². The average molecular weight is 148 g/mol. The molecule has 1 rings (SSSR count). The first-order valence-corrected chi connectivity index (χ1v) is 3.18. The second-order valence-electron chi connectivity index (χ2n) is 1.90. The molecule has 0 aromatic rings. The Bertz CT molecular complexity index is 115. The first-order chi connectivity index (χ1) is 4.34. The lowest BCUT2D eigenvalue weighted by molar-refractivity contribution is -0.155. The number of thiol groups is 1. The van der Waals surface area contributed by atoms with Gasteiger partial charge in [0.15, 0.2) is 6.10 Å². The Labute approximate surface area is 58.9 Å². The Hall–Kier alpha value is -0.220. The molecule has 0 N–H and O–H groups in total. The van der Waals surface area contributed by atoms with Crippen LogP contribution in [0.4, 0.5) is 0 Å². The summed E-state index contributed by atoms with van der Waals surface area (Å²) < 4.78 is 9.19. The van der Waals surface area contributed by atoms with Crippen LogP contribution in [0.2, 0.25) is 0 Å². The summed E-state index contributed by atoms with van der Waals surface area (Å²) >= 11 is 3.52. The van der Waals surface area contributed by atoms with Crippen LogP contribution >= 0.6 is 12.9 Å². The maximum Gasteiger partial charge on any atom is 0.336 e. The van der Waals surface area contributed by atoms with Gasteiger partial charge in [0, 0.05) is 0 Å². The van der Waals surface area contributed by atoms with Crippen LogP contribution in [0.25, 0.3) is 0 Å². The fraction of sp³-hybridized carbons (Fsp3) is 0.800. The first kappa shape index (κ1) is 6.89. The molecule has 1 aliphatic heterocycles. The maximum absolute atomic E-state index is 10.6. The zero-order chi connectivity index (χ0) is 6.69. The predicted octanol–water partition coefficient (Wildman–Crippen LogP) is 0.553. The quantitative estimate of drug-likeness (QED) is 0.335. The monoisotopic (exact) mass is 148 g/mol. The van der Waals surface area contributed by atoms with Crippen molar-refractivity contribution >= 4 is 18.9 Å². The van der Waals surface area contributed by atoms with Crippen molar-refractivity contribution in [1.82, 2.24) is 0 Å². The largest absolute Gasteiger partial charge is 0.464 e. The number of carbonyl (C=O) groups excluding carboxylic acids is 1. The van der Waals surface area contributed by atoms with Crippen LogP contribution in [0.3, 0.4) is 0 Å². The van der Waals surface area contributed by atoms with E-state index >= 15 is 0 Å². The van der Waals surface area contributed by atoms with Crippen LogP contribution in [0.1, 0.15) is 12.8 Å². The molecule has 1 saturated heterocycles. The number of ether oxygens (including phenoxy) is 1. The second kappa shape index (κ2) is 3.08. The van der Waals surface area contributed by atoms with Crippen molar-refractivity contribution in [3.8, 4) is 0 Å². The zero-order valence-corrected chi connectivity index (χ0v) is 5.77. The number of carbonyl (C=O) groups is 1. The van der Waals surface area contributed by atoms with E-state index in [1.54, 1.807) is 0 Å². The van der Waals surface area contributed by atoms with E-state index in [1.165, 1.54) is 0 Å². The van der Waals surface area contributed by atoms with Crippen molar-refractivity contribution < 1.29 is 13.7 Å². The van der Waals surface area contributed by atoms with Crippen LogP contribution in [-0.4, -0.2) is 18.7 Å². The highest BCUT2D eigenvalue weighted by Gasteiger charge is 2.23. The van der Waals surface area contributed by atoms with Gasteiger partial charge in [-0.2, -0.15) is 0 Å². The SMILES string of the molecule is O=C1OCCCC1OS. The van der Waals surface area contributed by atoms with Gasteiger partial charge in [0.25, 0.3) is 0 Å². The molecular weight excluding hydrogens is 140 g/mol. The molecule has 1 heterocycles. The van der Waals surface area contributed by atoms with Crippen molar-refractivity contribution in [3.63, 3.8) is 0 Å². The molecule has 9 heavy (non-hydrogen) atoms. The van der Waals surface area contributed by atoms with Crippen LogP contribution < -0.4 is 0 Å². The number of esters is 1. The number of hydrogen-bond acceptors (Lipinski definition) is 4. The molecule has 0 radical (unpaired) electrons. The number of cyclic esters (lactones) is 1. The molecule has 1 fully saturated rings. The van der Waals surface area contributed by atoms with Gasteiger partial charge in [-0.3, -0.25) is 0 Å². The third-order valence-electron chi connectivity index (χ3n) is 1.25. The van der Waals surface area contributed by atoms with Gasteiger partial charge in [-0.25, -0.2) is 4.79 Å². The van der Waals surface area contributed by atoms with Gasteiger partial charge in [0.1, 0.15) is 0 Å². The number of hydrogen-bond donors (Lipinski definition) is 1. The molecule has 0 aromatic carbocycles. The lowest BCUT2D eigenvalue weighted by Gasteiger charge is -2.17. The molecule has 1 aliphatic rings. The molecule has 1 atom stereocenters. The van der Waals surface area contributed by atoms with Crippen molar-refractivity contribution in [2.24, 2.45) is 0 Å². The van der Waals surface area contributed by atoms with Gasteiger partial charge in [-0.05, 0) is 25.8 Å². The van der Waals surface area contributed by atoms with Gasteiger partial charge in [-0.1, -0.05) is 0 Å². The molecule has 1 unspecified atom stereocenters. The Morgan fingerprint density at radius 1 is 1.78 bits per heavy atom. The van der Waals surface area contributed by atoms with E-state index in [0.717, 1.165) is 12.8 Å². The Morgan fingerprint density at radius 2 is 2.56 bits per heavy atom. The fourth-order valence-electron chi connectivity index (χ4n) is 0.748. The van der Waals surface area contributed by atoms with Crippen LogP contribution in [0.5, 0.6) is 0 Å². The zero-order valence-electron chi connectivity index (χ0n) is 4.87. The molecule has 4 heteroatoms. The fourth-order valence-corrected chi connectivity index (χ4v) is 0.940. The molecule has 52 valence electrons. The highest BCUT2D eigenvalue weighted by molar-refractivity contribution is 7.75. The van der Waals surface area contributed by atoms with E-state index in [0.29, 0.717) is 6.61 Å². The van der Waals surface area contributed by atoms with E-state index in [4.69, 9.17) is 0 Å². The van der Waals surface area contributed by atoms with Gasteiger partial charge in [0.05, 0.1) is 6.61 Å². The van der Waals surface area contributed by atoms with Crippen molar-refractivity contribution in [2.75, 3.05) is 6.61 Å². The van der Waals surface area contributed by atoms with E-state index in [1.807, 2.05) is 0 Å². The van der Waals surface area contributed by atoms with Gasteiger partial charge in [0.2, 0.25) is 0 Å². The molecule has 0 bridgehead atoms. The summed E-state index contributed by atoms with van der Waals surface area (Å²) in [6.07, 6.45) is 1.15. The molecule has 0 aliphatic carbocycles. The summed E-state index contributed by atoms with van der Waals surface area (Å²) in [5.41, 5.74) is 0. The molecule has 3 nitrogen and oxygen atoms in total. The van der Waals surface area contributed by atoms with E-state index in [9.17, 15) is 4.79 Å². The summed E-state index contributed by atoms with van der Waals surface area (Å²) in [7, 11) is 0. The standard InChI is InChI=1S/C5H8O3S/c6-5-4(8-9)2-1-3-7-5/h4,9H,1-3H2. The lowest BCUT2D eigenvalue weighted by atomic mass is 10.2. The normalized spacial score (nSPS) is 27.7. The van der Waals surface area contributed by atoms with Gasteiger partial charge in [-0.15, -0.1) is 0 Å². The first-order valence-electron chi connectivity index (χ1n) is 2.81. The average Bonchev–Trinajstić information content (AvgIpc) is 1.89. The predicted molar refractivity (Wildman–Crippen MR) is 34.1 cm³/mol. The Kier molecular flexibility index (Phi) is 2.36. The summed E-state index contributed by atoms with van der Waals surface area (Å²) in [6, 6.07) is 0. The van der Waals surface area contributed by atoms with E-state index in [2.05, 4.69) is 21.8 Å². The molecule has 0 amide bonds. The Balaban J connectivity index is 2.39. The van der Waals surface area contributed by atoms with Gasteiger partial charge < -0.3 is 8.92 Å². The highest BCUT2D eigenvalue weighted by atomic mass is 32.1. The van der Waals surface area contributed by atoms with E-state index < -0.39 is 6.10 Å². The molecule has 0 spiro atoms. The number of rotatable bonds is 1. The second-order valence-corrected chi connectivity index (χ2v) is 2.11. The van der Waals surface area contributed by atoms with Gasteiger partial charge >= 0.3 is 5.97 Å². The summed E-state index contributed by atoms with van der Waals surface area (Å²) in [5.74, 6) is -0.295. The third kappa shape index (κ3) is 1.59. The minimum absolute atomic E-state index is 0.295.